The molecule has 0 radical (unpaired) electrons. The van der Waals surface area contributed by atoms with Gasteiger partial charge in [-0.2, -0.15) is 0 Å². The largest absolute Gasteiger partial charge is 0.484 e. The van der Waals surface area contributed by atoms with Crippen molar-refractivity contribution in [3.63, 3.8) is 0 Å². The number of likely N-dealkylation sites (tertiary alicyclic amines) is 1. The molecule has 2 aliphatic heterocycles. The van der Waals surface area contributed by atoms with Crippen LogP contribution >= 0.6 is 0 Å². The second kappa shape index (κ2) is 6.03. The Hall–Kier alpha value is -1.59. The molecule has 2 heterocycles. The third-order valence-electron chi connectivity index (χ3n) is 4.34. The highest BCUT2D eigenvalue weighted by atomic mass is 16.5. The van der Waals surface area contributed by atoms with Crippen LogP contribution in [-0.2, 0) is 14.3 Å². The Morgan fingerprint density at radius 2 is 2.14 bits per heavy atom. The summed E-state index contributed by atoms with van der Waals surface area (Å²) in [7, 11) is 1.71. The van der Waals surface area contributed by atoms with Crippen LogP contribution in [0.2, 0.25) is 0 Å². The Kier molecular flexibility index (Phi) is 4.12. The summed E-state index contributed by atoms with van der Waals surface area (Å²) >= 11 is 0. The summed E-state index contributed by atoms with van der Waals surface area (Å²) in [4.78, 5) is 13.9. The van der Waals surface area contributed by atoms with Crippen LogP contribution < -0.4 is 4.74 Å². The van der Waals surface area contributed by atoms with Crippen molar-refractivity contribution in [2.24, 2.45) is 5.92 Å². The van der Waals surface area contributed by atoms with Crippen LogP contribution in [-0.4, -0.2) is 56.4 Å². The maximum absolute atomic E-state index is 12.1. The van der Waals surface area contributed by atoms with Gasteiger partial charge in [0.05, 0.1) is 19.7 Å². The lowest BCUT2D eigenvalue weighted by Crippen LogP contribution is -2.67. The van der Waals surface area contributed by atoms with E-state index in [1.165, 1.54) is 0 Å². The molecule has 1 aromatic rings. The van der Waals surface area contributed by atoms with Crippen LogP contribution in [0.5, 0.6) is 5.75 Å². The third kappa shape index (κ3) is 2.89. The predicted molar refractivity (Wildman–Crippen MR) is 77.2 cm³/mol. The molecule has 3 rings (SSSR count). The molecule has 5 nitrogen and oxygen atoms in total. The summed E-state index contributed by atoms with van der Waals surface area (Å²) in [5, 5.41) is 0. The molecule has 1 aromatic carbocycles. The molecule has 114 valence electrons. The molecule has 2 fully saturated rings. The minimum Gasteiger partial charge on any atom is -0.484 e. The van der Waals surface area contributed by atoms with Gasteiger partial charge in [-0.15, -0.1) is 0 Å². The van der Waals surface area contributed by atoms with Gasteiger partial charge in [0.2, 0.25) is 0 Å². The number of benzene rings is 1. The third-order valence-corrected chi connectivity index (χ3v) is 4.34. The molecule has 2 saturated heterocycles. The molecular formula is C16H21NO4. The summed E-state index contributed by atoms with van der Waals surface area (Å²) in [6.07, 6.45) is 1.01. The zero-order valence-electron chi connectivity index (χ0n) is 12.3. The van der Waals surface area contributed by atoms with Crippen LogP contribution in [0.4, 0.5) is 0 Å². The van der Waals surface area contributed by atoms with Crippen molar-refractivity contribution in [2.75, 3.05) is 40.0 Å². The number of para-hydroxylation sites is 1. The molecule has 21 heavy (non-hydrogen) atoms. The van der Waals surface area contributed by atoms with Crippen molar-refractivity contribution in [1.29, 1.82) is 0 Å². The molecular weight excluding hydrogens is 270 g/mol. The quantitative estimate of drug-likeness (QED) is 0.821. The molecule has 0 N–H and O–H groups in total. The standard InChI is InChI=1S/C16H21NO4/c1-19-9-13-7-8-21-16(13)11-17(12-16)15(18)10-20-14-5-3-2-4-6-14/h2-6,13H,7-12H2,1H3. The fraction of sp³-hybridized carbons (Fsp3) is 0.562. The number of rotatable bonds is 5. The van der Waals surface area contributed by atoms with Gasteiger partial charge in [0.15, 0.2) is 6.61 Å². The van der Waals surface area contributed by atoms with E-state index in [0.29, 0.717) is 25.6 Å². The molecule has 1 amide bonds. The van der Waals surface area contributed by atoms with Gasteiger partial charge in [0.25, 0.3) is 5.91 Å². The highest BCUT2D eigenvalue weighted by molar-refractivity contribution is 5.79. The van der Waals surface area contributed by atoms with Crippen molar-refractivity contribution in [3.05, 3.63) is 30.3 Å². The van der Waals surface area contributed by atoms with Gasteiger partial charge in [0.1, 0.15) is 11.4 Å². The van der Waals surface area contributed by atoms with Gasteiger partial charge < -0.3 is 19.1 Å². The van der Waals surface area contributed by atoms with Gasteiger partial charge in [0, 0.05) is 19.6 Å². The fourth-order valence-electron chi connectivity index (χ4n) is 3.10. The van der Waals surface area contributed by atoms with E-state index < -0.39 is 0 Å². The van der Waals surface area contributed by atoms with Crippen molar-refractivity contribution in [1.82, 2.24) is 4.90 Å². The zero-order valence-corrected chi connectivity index (χ0v) is 12.3. The smallest absolute Gasteiger partial charge is 0.260 e. The van der Waals surface area contributed by atoms with Crippen molar-refractivity contribution in [3.8, 4) is 5.75 Å². The Labute approximate surface area is 124 Å². The zero-order chi connectivity index (χ0) is 14.7. The van der Waals surface area contributed by atoms with Crippen LogP contribution in [0.15, 0.2) is 30.3 Å². The van der Waals surface area contributed by atoms with Crippen LogP contribution in [0.3, 0.4) is 0 Å². The first-order valence-electron chi connectivity index (χ1n) is 7.32. The topological polar surface area (TPSA) is 48.0 Å². The highest BCUT2D eigenvalue weighted by Gasteiger charge is 2.54. The van der Waals surface area contributed by atoms with Crippen molar-refractivity contribution < 1.29 is 19.0 Å². The minimum atomic E-state index is -0.182. The maximum Gasteiger partial charge on any atom is 0.260 e. The molecule has 1 atom stereocenters. The van der Waals surface area contributed by atoms with Gasteiger partial charge in [-0.1, -0.05) is 18.2 Å². The normalized spacial score (nSPS) is 23.1. The first kappa shape index (κ1) is 14.4. The van der Waals surface area contributed by atoms with Gasteiger partial charge in [-0.3, -0.25) is 4.79 Å². The van der Waals surface area contributed by atoms with Crippen molar-refractivity contribution >= 4 is 5.91 Å². The Morgan fingerprint density at radius 3 is 2.86 bits per heavy atom. The predicted octanol–water partition coefficient (Wildman–Crippen LogP) is 1.33. The van der Waals surface area contributed by atoms with E-state index in [-0.39, 0.29) is 18.1 Å². The molecule has 5 heteroatoms. The fourth-order valence-corrected chi connectivity index (χ4v) is 3.10. The summed E-state index contributed by atoms with van der Waals surface area (Å²) in [6, 6.07) is 9.39. The first-order valence-corrected chi connectivity index (χ1v) is 7.32. The average Bonchev–Trinajstić information content (AvgIpc) is 2.88. The second-order valence-electron chi connectivity index (χ2n) is 5.71. The first-order chi connectivity index (χ1) is 10.2. The minimum absolute atomic E-state index is 0.0103. The van der Waals surface area contributed by atoms with E-state index >= 15 is 0 Å². The van der Waals surface area contributed by atoms with Crippen LogP contribution in [0.25, 0.3) is 0 Å². The van der Waals surface area contributed by atoms with Gasteiger partial charge >= 0.3 is 0 Å². The average molecular weight is 291 g/mol. The van der Waals surface area contributed by atoms with E-state index in [2.05, 4.69) is 0 Å². The summed E-state index contributed by atoms with van der Waals surface area (Å²) < 4.78 is 16.6. The van der Waals surface area contributed by atoms with E-state index in [4.69, 9.17) is 14.2 Å². The number of carbonyl (C=O) groups is 1. The van der Waals surface area contributed by atoms with Crippen LogP contribution in [0, 0.1) is 5.92 Å². The number of amides is 1. The van der Waals surface area contributed by atoms with Crippen molar-refractivity contribution in [2.45, 2.75) is 12.0 Å². The summed E-state index contributed by atoms with van der Waals surface area (Å²) in [6.45, 7) is 2.84. The van der Waals surface area contributed by atoms with Gasteiger partial charge in [-0.25, -0.2) is 0 Å². The molecule has 1 spiro atoms. The lowest BCUT2D eigenvalue weighted by molar-refractivity contribution is -0.169. The molecule has 0 aliphatic carbocycles. The SMILES string of the molecule is COCC1CCOC12CN(C(=O)COc1ccccc1)C2. The molecule has 0 aromatic heterocycles. The molecule has 0 saturated carbocycles. The van der Waals surface area contributed by atoms with Crippen LogP contribution in [0.1, 0.15) is 6.42 Å². The summed E-state index contributed by atoms with van der Waals surface area (Å²) in [5.74, 6) is 1.12. The number of ether oxygens (including phenoxy) is 3. The summed E-state index contributed by atoms with van der Waals surface area (Å²) in [5.41, 5.74) is -0.182. The Bertz CT molecular complexity index is 484. The van der Waals surface area contributed by atoms with E-state index in [1.807, 2.05) is 30.3 Å². The van der Waals surface area contributed by atoms with E-state index in [1.54, 1.807) is 12.0 Å². The Morgan fingerprint density at radius 1 is 1.38 bits per heavy atom. The Balaban J connectivity index is 1.48. The second-order valence-corrected chi connectivity index (χ2v) is 5.71. The molecule has 0 bridgehead atoms. The monoisotopic (exact) mass is 291 g/mol. The van der Waals surface area contributed by atoms with Gasteiger partial charge in [-0.05, 0) is 18.6 Å². The number of hydrogen-bond acceptors (Lipinski definition) is 4. The highest BCUT2D eigenvalue weighted by Crippen LogP contribution is 2.40. The maximum atomic E-state index is 12.1. The van der Waals surface area contributed by atoms with E-state index in [0.717, 1.165) is 18.8 Å². The van der Waals surface area contributed by atoms with E-state index in [9.17, 15) is 4.79 Å². The lowest BCUT2D eigenvalue weighted by Gasteiger charge is -2.50. The number of hydrogen-bond donors (Lipinski definition) is 0. The number of nitrogens with zero attached hydrogens (tertiary/aromatic N) is 1. The number of methoxy groups -OCH3 is 1. The lowest BCUT2D eigenvalue weighted by atomic mass is 9.81. The molecule has 1 unspecified atom stereocenters. The molecule has 2 aliphatic rings. The number of carbonyl (C=O) groups excluding carboxylic acids is 1.